The van der Waals surface area contributed by atoms with Gasteiger partial charge >= 0.3 is 11.9 Å². The molecule has 1 radical (unpaired) electrons. The third-order valence-electron chi connectivity index (χ3n) is 6.83. The summed E-state index contributed by atoms with van der Waals surface area (Å²) in [5.41, 5.74) is -6.38. The Morgan fingerprint density at radius 1 is 0.892 bits per heavy atom. The topological polar surface area (TPSA) is 294 Å². The number of carboxylic acid groups (broad SMARTS) is 1. The standard InChI is InChI=1S/C20H31O17/c21-2-7-12(27)13(28)15(30)18(37-7)20(33)16(31)8(4-34-10(25)1-9(23)24)36-5-19(20,32)17-14(29)11(26)6(22)3-35-17/h5-8,11-18,21-22,26-33H,1-4H2,(H,23,24)/t6-,7+,8-,11+,12+,13-,14-,15+,16-,17-,18+,19-,20-/m1/s1. The van der Waals surface area contributed by atoms with Gasteiger partial charge in [0, 0.05) is 0 Å². The van der Waals surface area contributed by atoms with Crippen molar-refractivity contribution in [3.05, 3.63) is 6.61 Å². The van der Waals surface area contributed by atoms with Gasteiger partial charge in [-0.2, -0.15) is 0 Å². The molecule has 3 aliphatic rings. The first kappa shape index (κ1) is 30.0. The van der Waals surface area contributed by atoms with E-state index < -0.39 is 117 Å². The molecule has 213 valence electrons. The van der Waals surface area contributed by atoms with Crippen molar-refractivity contribution in [2.45, 2.75) is 84.8 Å². The number of carboxylic acids is 1. The highest BCUT2D eigenvalue weighted by Gasteiger charge is 2.72. The number of carbonyl (C=O) groups is 2. The van der Waals surface area contributed by atoms with Crippen molar-refractivity contribution in [3.8, 4) is 0 Å². The molecular weight excluding hydrogens is 512 g/mol. The minimum absolute atomic E-state index is 0.426. The average molecular weight is 543 g/mol. The summed E-state index contributed by atoms with van der Waals surface area (Å²) in [5, 5.41) is 114. The van der Waals surface area contributed by atoms with Gasteiger partial charge in [-0.05, 0) is 0 Å². The molecule has 3 aliphatic heterocycles. The van der Waals surface area contributed by atoms with Gasteiger partial charge in [0.15, 0.2) is 11.2 Å². The van der Waals surface area contributed by atoms with Crippen LogP contribution >= 0.6 is 0 Å². The maximum Gasteiger partial charge on any atom is 0.317 e. The van der Waals surface area contributed by atoms with E-state index in [1.54, 1.807) is 0 Å². The van der Waals surface area contributed by atoms with Crippen LogP contribution in [0.1, 0.15) is 6.42 Å². The number of aliphatic carboxylic acids is 1. The van der Waals surface area contributed by atoms with Gasteiger partial charge in [-0.1, -0.05) is 0 Å². The highest BCUT2D eigenvalue weighted by atomic mass is 16.6. The molecule has 3 fully saturated rings. The average Bonchev–Trinajstić information content (AvgIpc) is 2.84. The van der Waals surface area contributed by atoms with Crippen LogP contribution in [0.3, 0.4) is 0 Å². The number of esters is 1. The second kappa shape index (κ2) is 11.3. The Hall–Kier alpha value is -1.58. The second-order valence-corrected chi connectivity index (χ2v) is 9.19. The molecule has 0 bridgehead atoms. The van der Waals surface area contributed by atoms with Gasteiger partial charge < -0.3 is 75.1 Å². The number of rotatable bonds is 7. The van der Waals surface area contributed by atoms with Gasteiger partial charge in [0.1, 0.15) is 86.8 Å². The Balaban J connectivity index is 2.01. The first-order valence-corrected chi connectivity index (χ1v) is 11.2. The molecule has 17 heteroatoms. The van der Waals surface area contributed by atoms with Crippen LogP contribution in [0.15, 0.2) is 0 Å². The van der Waals surface area contributed by atoms with Gasteiger partial charge in [0.25, 0.3) is 0 Å². The quantitative estimate of drug-likeness (QED) is 0.105. The second-order valence-electron chi connectivity index (χ2n) is 9.19. The molecule has 13 atom stereocenters. The van der Waals surface area contributed by atoms with Gasteiger partial charge in [0.2, 0.25) is 0 Å². The maximum absolute atomic E-state index is 11.8. The molecule has 0 aromatic heterocycles. The van der Waals surface area contributed by atoms with Gasteiger partial charge in [-0.15, -0.1) is 0 Å². The van der Waals surface area contributed by atoms with Crippen molar-refractivity contribution in [1.29, 1.82) is 0 Å². The molecule has 0 aromatic carbocycles. The zero-order valence-corrected chi connectivity index (χ0v) is 19.1. The first-order chi connectivity index (χ1) is 17.2. The van der Waals surface area contributed by atoms with E-state index in [-0.39, 0.29) is 0 Å². The van der Waals surface area contributed by atoms with Crippen molar-refractivity contribution >= 4 is 11.9 Å². The summed E-state index contributed by atoms with van der Waals surface area (Å²) in [5.74, 6) is -2.79. The van der Waals surface area contributed by atoms with Gasteiger partial charge in [-0.3, -0.25) is 9.59 Å². The highest BCUT2D eigenvalue weighted by molar-refractivity contribution is 5.90. The lowest BCUT2D eigenvalue weighted by molar-refractivity contribution is -0.373. The van der Waals surface area contributed by atoms with E-state index in [0.29, 0.717) is 6.61 Å². The fourth-order valence-corrected chi connectivity index (χ4v) is 4.71. The van der Waals surface area contributed by atoms with Crippen LogP contribution in [0, 0.1) is 6.61 Å². The predicted molar refractivity (Wildman–Crippen MR) is 110 cm³/mol. The van der Waals surface area contributed by atoms with Gasteiger partial charge in [-0.25, -0.2) is 0 Å². The van der Waals surface area contributed by atoms with Crippen molar-refractivity contribution in [2.75, 3.05) is 19.8 Å². The lowest BCUT2D eigenvalue weighted by Gasteiger charge is -2.60. The Morgan fingerprint density at radius 3 is 2.11 bits per heavy atom. The lowest BCUT2D eigenvalue weighted by atomic mass is 9.64. The van der Waals surface area contributed by atoms with Crippen molar-refractivity contribution in [1.82, 2.24) is 0 Å². The summed E-state index contributed by atoms with van der Waals surface area (Å²) in [6.45, 7) is -2.13. The molecule has 11 N–H and O–H groups in total. The number of carbonyl (C=O) groups excluding carboxylic acids is 1. The van der Waals surface area contributed by atoms with Crippen LogP contribution < -0.4 is 0 Å². The third kappa shape index (κ3) is 5.20. The van der Waals surface area contributed by atoms with Crippen LogP contribution in [0.25, 0.3) is 0 Å². The molecule has 0 aliphatic carbocycles. The van der Waals surface area contributed by atoms with Crippen molar-refractivity contribution in [2.24, 2.45) is 0 Å². The molecule has 17 nitrogen and oxygen atoms in total. The van der Waals surface area contributed by atoms with Gasteiger partial charge in [0.05, 0.1) is 13.2 Å². The summed E-state index contributed by atoms with van der Waals surface area (Å²) in [6.07, 6.45) is -23.2. The minimum atomic E-state index is -3.27. The van der Waals surface area contributed by atoms with E-state index in [0.717, 1.165) is 0 Å². The Labute approximate surface area is 208 Å². The number of aliphatic hydroxyl groups excluding tert-OH is 8. The Kier molecular flexibility index (Phi) is 9.12. The van der Waals surface area contributed by atoms with Crippen LogP contribution in [0.5, 0.6) is 0 Å². The molecule has 0 aromatic rings. The zero-order chi connectivity index (χ0) is 27.9. The number of aliphatic hydroxyl groups is 10. The molecular formula is C20H31O17. The van der Waals surface area contributed by atoms with Crippen LogP contribution in [-0.2, 0) is 28.5 Å². The van der Waals surface area contributed by atoms with E-state index in [4.69, 9.17) is 24.1 Å². The summed E-state index contributed by atoms with van der Waals surface area (Å²) in [4.78, 5) is 22.3. The Morgan fingerprint density at radius 2 is 1.51 bits per heavy atom. The lowest BCUT2D eigenvalue weighted by Crippen LogP contribution is -2.83. The maximum atomic E-state index is 11.8. The van der Waals surface area contributed by atoms with Crippen LogP contribution in [0.4, 0.5) is 0 Å². The van der Waals surface area contributed by atoms with Crippen LogP contribution in [-0.4, -0.2) is 166 Å². The first-order valence-electron chi connectivity index (χ1n) is 11.2. The number of ether oxygens (including phenoxy) is 4. The van der Waals surface area contributed by atoms with E-state index in [1.165, 1.54) is 0 Å². The molecule has 3 rings (SSSR count). The smallest absolute Gasteiger partial charge is 0.317 e. The Bertz CT molecular complexity index is 825. The summed E-state index contributed by atoms with van der Waals surface area (Å²) in [7, 11) is 0. The predicted octanol–water partition coefficient (Wildman–Crippen LogP) is -7.29. The monoisotopic (exact) mass is 543 g/mol. The van der Waals surface area contributed by atoms with Crippen molar-refractivity contribution < 1.29 is 84.7 Å². The molecule has 0 unspecified atom stereocenters. The zero-order valence-electron chi connectivity index (χ0n) is 19.1. The van der Waals surface area contributed by atoms with E-state index in [1.807, 2.05) is 0 Å². The minimum Gasteiger partial charge on any atom is -0.481 e. The number of hydrogen-bond acceptors (Lipinski definition) is 16. The van der Waals surface area contributed by atoms with E-state index in [2.05, 4.69) is 0 Å². The normalized spacial score (nSPS) is 48.9. The van der Waals surface area contributed by atoms with E-state index in [9.17, 15) is 60.7 Å². The molecule has 0 amide bonds. The molecule has 0 spiro atoms. The highest BCUT2D eigenvalue weighted by Crippen LogP contribution is 2.47. The SMILES string of the molecule is O=C(O)CC(=O)OC[C@H]1O[CH][C@@](O)([C@@H]2OC[C@@H](O)[C@H](O)[C@H]2O)[C@](O)([C@H]2O[C@@H](CO)[C@H](O)[C@@H](O)[C@@H]2O)[C@@H]1O. The molecule has 37 heavy (non-hydrogen) atoms. The fraction of sp³-hybridized carbons (Fsp3) is 0.850. The fourth-order valence-electron chi connectivity index (χ4n) is 4.71. The van der Waals surface area contributed by atoms with Crippen LogP contribution in [0.2, 0.25) is 0 Å². The largest absolute Gasteiger partial charge is 0.481 e. The van der Waals surface area contributed by atoms with Crippen molar-refractivity contribution in [3.63, 3.8) is 0 Å². The molecule has 0 saturated carbocycles. The molecule has 3 heterocycles. The number of hydrogen-bond donors (Lipinski definition) is 11. The van der Waals surface area contributed by atoms with E-state index >= 15 is 0 Å². The molecule has 3 saturated heterocycles. The summed E-state index contributed by atoms with van der Waals surface area (Å²) < 4.78 is 20.5. The summed E-state index contributed by atoms with van der Waals surface area (Å²) in [6, 6.07) is 0. The summed E-state index contributed by atoms with van der Waals surface area (Å²) >= 11 is 0. The third-order valence-corrected chi connectivity index (χ3v) is 6.83.